The van der Waals surface area contributed by atoms with Gasteiger partial charge in [0.25, 0.3) is 0 Å². The molecule has 1 heterocycles. The number of amides is 1. The second-order valence-corrected chi connectivity index (χ2v) is 4.65. The summed E-state index contributed by atoms with van der Waals surface area (Å²) < 4.78 is 5.89. The van der Waals surface area contributed by atoms with E-state index >= 15 is 0 Å². The molecule has 0 N–H and O–H groups in total. The number of halogens is 1. The summed E-state index contributed by atoms with van der Waals surface area (Å²) in [6.45, 7) is 6.13. The van der Waals surface area contributed by atoms with Gasteiger partial charge in [0.05, 0.1) is 6.54 Å². The Labute approximate surface area is 125 Å². The van der Waals surface area contributed by atoms with Crippen molar-refractivity contribution < 1.29 is 9.21 Å². The molecule has 0 aliphatic carbocycles. The van der Waals surface area contributed by atoms with E-state index in [4.69, 9.17) is 4.42 Å². The molecule has 0 bridgehead atoms. The fourth-order valence-electron chi connectivity index (χ4n) is 2.25. The molecule has 0 spiro atoms. The van der Waals surface area contributed by atoms with Crippen molar-refractivity contribution in [2.24, 2.45) is 0 Å². The number of hydrogen-bond acceptors (Lipinski definition) is 2. The first-order chi connectivity index (χ1) is 9.17. The zero-order valence-corrected chi connectivity index (χ0v) is 12.7. The van der Waals surface area contributed by atoms with Crippen molar-refractivity contribution in [3.63, 3.8) is 0 Å². The highest BCUT2D eigenvalue weighted by molar-refractivity contribution is 5.87. The number of aryl methyl sites for hydroxylation is 1. The highest BCUT2D eigenvalue weighted by atomic mass is 35.5. The number of nitrogens with zero attached hydrogens (tertiary/aromatic N) is 1. The molecule has 108 valence electrons. The molecule has 2 rings (SSSR count). The summed E-state index contributed by atoms with van der Waals surface area (Å²) in [5.74, 6) is 0.781. The van der Waals surface area contributed by atoms with Crippen molar-refractivity contribution >= 4 is 29.3 Å². The molecule has 3 nitrogen and oxygen atoms in total. The van der Waals surface area contributed by atoms with Gasteiger partial charge in [-0.3, -0.25) is 4.79 Å². The van der Waals surface area contributed by atoms with Crippen LogP contribution in [0.5, 0.6) is 0 Å². The minimum Gasteiger partial charge on any atom is -0.459 e. The molecule has 0 radical (unpaired) electrons. The van der Waals surface area contributed by atoms with Gasteiger partial charge >= 0.3 is 0 Å². The van der Waals surface area contributed by atoms with E-state index in [0.29, 0.717) is 6.54 Å². The van der Waals surface area contributed by atoms with Crippen LogP contribution in [-0.2, 0) is 17.8 Å². The maximum atomic E-state index is 11.6. The summed E-state index contributed by atoms with van der Waals surface area (Å²) in [6, 6.07) is 8.01. The maximum absolute atomic E-state index is 11.6. The Bertz CT molecular complexity index is 604. The zero-order chi connectivity index (χ0) is 13.8. The molecular formula is C16H20ClNO2. The van der Waals surface area contributed by atoms with Crippen molar-refractivity contribution in [3.8, 4) is 0 Å². The molecule has 0 saturated heterocycles. The largest absolute Gasteiger partial charge is 0.459 e. The fraction of sp³-hybridized carbons (Fsp3) is 0.312. The number of fused-ring (bicyclic) bond motifs is 1. The molecule has 0 aliphatic heterocycles. The highest BCUT2D eigenvalue weighted by Gasteiger charge is 2.16. The lowest BCUT2D eigenvalue weighted by Gasteiger charge is -2.14. The number of hydrogen-bond donors (Lipinski definition) is 0. The molecule has 0 aliphatic rings. The third-order valence-corrected chi connectivity index (χ3v) is 3.21. The highest BCUT2D eigenvalue weighted by Crippen LogP contribution is 2.27. The quantitative estimate of drug-likeness (QED) is 0.782. The van der Waals surface area contributed by atoms with Crippen molar-refractivity contribution in [1.29, 1.82) is 0 Å². The summed E-state index contributed by atoms with van der Waals surface area (Å²) in [5.41, 5.74) is 2.10. The van der Waals surface area contributed by atoms with E-state index in [9.17, 15) is 4.79 Å². The number of furan rings is 1. The van der Waals surface area contributed by atoms with Gasteiger partial charge in [0.2, 0.25) is 5.91 Å². The monoisotopic (exact) mass is 293 g/mol. The number of carbonyl (C=O) groups excluding carboxylic acids is 1. The SMILES string of the molecule is C=CC(=O)N(C)Cc1oc2ccccc2c1CCC.Cl. The number of likely N-dealkylation sites (N-methyl/N-ethyl adjacent to an activating group) is 1. The lowest BCUT2D eigenvalue weighted by atomic mass is 10.1. The van der Waals surface area contributed by atoms with Crippen LogP contribution in [-0.4, -0.2) is 17.9 Å². The van der Waals surface area contributed by atoms with Crippen molar-refractivity contribution in [3.05, 3.63) is 48.2 Å². The van der Waals surface area contributed by atoms with Gasteiger partial charge in [0.1, 0.15) is 11.3 Å². The molecule has 1 aromatic heterocycles. The lowest BCUT2D eigenvalue weighted by Crippen LogP contribution is -2.24. The van der Waals surface area contributed by atoms with E-state index in [1.54, 1.807) is 11.9 Å². The summed E-state index contributed by atoms with van der Waals surface area (Å²) >= 11 is 0. The number of benzene rings is 1. The van der Waals surface area contributed by atoms with Crippen molar-refractivity contribution in [2.45, 2.75) is 26.3 Å². The van der Waals surface area contributed by atoms with Crippen LogP contribution in [0.2, 0.25) is 0 Å². The number of rotatable bonds is 5. The van der Waals surface area contributed by atoms with Crippen LogP contribution in [0.3, 0.4) is 0 Å². The lowest BCUT2D eigenvalue weighted by molar-refractivity contribution is -0.125. The third-order valence-electron chi connectivity index (χ3n) is 3.21. The van der Waals surface area contributed by atoms with Crippen LogP contribution < -0.4 is 0 Å². The minimum atomic E-state index is -0.0945. The van der Waals surface area contributed by atoms with E-state index in [2.05, 4.69) is 19.6 Å². The predicted octanol–water partition coefficient (Wildman–Crippen LogP) is 3.95. The first-order valence-corrected chi connectivity index (χ1v) is 6.54. The van der Waals surface area contributed by atoms with Gasteiger partial charge in [-0.25, -0.2) is 0 Å². The summed E-state index contributed by atoms with van der Waals surface area (Å²) in [6.07, 6.45) is 3.33. The Hall–Kier alpha value is -1.74. The summed E-state index contributed by atoms with van der Waals surface area (Å²) in [4.78, 5) is 13.2. The van der Waals surface area contributed by atoms with E-state index in [1.165, 1.54) is 11.6 Å². The van der Waals surface area contributed by atoms with Gasteiger partial charge in [-0.15, -0.1) is 12.4 Å². The molecule has 1 amide bonds. The number of carbonyl (C=O) groups is 1. The minimum absolute atomic E-state index is 0. The molecule has 1 aromatic carbocycles. The van der Waals surface area contributed by atoms with Crippen LogP contribution in [0.1, 0.15) is 24.7 Å². The van der Waals surface area contributed by atoms with Gasteiger partial charge in [0.15, 0.2) is 0 Å². The Morgan fingerprint density at radius 1 is 1.40 bits per heavy atom. The Balaban J connectivity index is 0.00000200. The second kappa shape index (κ2) is 7.15. The van der Waals surface area contributed by atoms with Crippen molar-refractivity contribution in [1.82, 2.24) is 4.90 Å². The smallest absolute Gasteiger partial charge is 0.246 e. The van der Waals surface area contributed by atoms with E-state index in [-0.39, 0.29) is 18.3 Å². The normalized spacial score (nSPS) is 10.1. The molecule has 4 heteroatoms. The van der Waals surface area contributed by atoms with Gasteiger partial charge in [-0.1, -0.05) is 38.1 Å². The van der Waals surface area contributed by atoms with Crippen molar-refractivity contribution in [2.75, 3.05) is 7.05 Å². The van der Waals surface area contributed by atoms with Crippen LogP contribution in [0.4, 0.5) is 0 Å². The maximum Gasteiger partial charge on any atom is 0.246 e. The Morgan fingerprint density at radius 2 is 2.10 bits per heavy atom. The van der Waals surface area contributed by atoms with Crippen LogP contribution in [0.15, 0.2) is 41.3 Å². The molecule has 0 saturated carbocycles. The summed E-state index contributed by atoms with van der Waals surface area (Å²) in [5, 5.41) is 1.15. The average Bonchev–Trinajstić information content (AvgIpc) is 2.76. The molecule has 0 unspecified atom stereocenters. The molecule has 20 heavy (non-hydrogen) atoms. The third kappa shape index (κ3) is 3.23. The molecular weight excluding hydrogens is 274 g/mol. The predicted molar refractivity (Wildman–Crippen MR) is 84.1 cm³/mol. The average molecular weight is 294 g/mol. The van der Waals surface area contributed by atoms with Crippen LogP contribution in [0.25, 0.3) is 11.0 Å². The number of para-hydroxylation sites is 1. The Kier molecular flexibility index (Phi) is 5.83. The van der Waals surface area contributed by atoms with Gasteiger partial charge < -0.3 is 9.32 Å². The Morgan fingerprint density at radius 3 is 2.75 bits per heavy atom. The van der Waals surface area contributed by atoms with E-state index < -0.39 is 0 Å². The molecule has 0 atom stereocenters. The first kappa shape index (κ1) is 16.3. The first-order valence-electron chi connectivity index (χ1n) is 6.54. The second-order valence-electron chi connectivity index (χ2n) is 4.65. The van der Waals surface area contributed by atoms with Crippen LogP contribution in [0, 0.1) is 0 Å². The topological polar surface area (TPSA) is 33.5 Å². The van der Waals surface area contributed by atoms with Gasteiger partial charge in [-0.05, 0) is 18.6 Å². The van der Waals surface area contributed by atoms with Crippen LogP contribution >= 0.6 is 12.4 Å². The summed E-state index contributed by atoms with van der Waals surface area (Å²) in [7, 11) is 1.76. The molecule has 2 aromatic rings. The fourth-order valence-corrected chi connectivity index (χ4v) is 2.25. The zero-order valence-electron chi connectivity index (χ0n) is 11.9. The van der Waals surface area contributed by atoms with E-state index in [1.807, 2.05) is 18.2 Å². The van der Waals surface area contributed by atoms with E-state index in [0.717, 1.165) is 29.6 Å². The molecule has 0 fully saturated rings. The van der Waals surface area contributed by atoms with Gasteiger partial charge in [-0.2, -0.15) is 0 Å². The van der Waals surface area contributed by atoms with Gasteiger partial charge in [0, 0.05) is 18.0 Å². The standard InChI is InChI=1S/C16H19NO2.ClH/c1-4-8-12-13-9-6-7-10-14(13)19-15(12)11-17(3)16(18)5-2;/h5-7,9-10H,2,4,8,11H2,1,3H3;1H.